The van der Waals surface area contributed by atoms with Crippen LogP contribution in [0, 0.1) is 0 Å². The topological polar surface area (TPSA) is 60.5 Å². The third kappa shape index (κ3) is 5.63. The van der Waals surface area contributed by atoms with E-state index in [1.165, 1.54) is 7.11 Å². The molecule has 0 radical (unpaired) electrons. The van der Waals surface area contributed by atoms with Gasteiger partial charge in [0.25, 0.3) is 0 Å². The zero-order chi connectivity index (χ0) is 13.6. The summed E-state index contributed by atoms with van der Waals surface area (Å²) in [5.74, 6) is 0.147. The molecule has 18 heavy (non-hydrogen) atoms. The average molecular weight is 252 g/mol. The molecule has 0 bridgehead atoms. The summed E-state index contributed by atoms with van der Waals surface area (Å²) in [4.78, 5) is 15.1. The predicted octanol–water partition coefficient (Wildman–Crippen LogP) is 1.52. The summed E-state index contributed by atoms with van der Waals surface area (Å²) in [6.07, 6.45) is 1.60. The Morgan fingerprint density at radius 2 is 2.11 bits per heavy atom. The number of carbonyl (C=O) groups is 1. The first kappa shape index (κ1) is 14.4. The van der Waals surface area contributed by atoms with Crippen LogP contribution in [-0.2, 0) is 16.1 Å². The lowest BCUT2D eigenvalue weighted by Gasteiger charge is -2.20. The zero-order valence-electron chi connectivity index (χ0n) is 11.3. The largest absolute Gasteiger partial charge is 0.480 e. The summed E-state index contributed by atoms with van der Waals surface area (Å²) in [7, 11) is 1.32. The Morgan fingerprint density at radius 1 is 1.39 bits per heavy atom. The van der Waals surface area contributed by atoms with E-state index < -0.39 is 5.97 Å². The number of ether oxygens (including phenoxy) is 2. The van der Waals surface area contributed by atoms with E-state index >= 15 is 0 Å². The number of esters is 1. The second-order valence-corrected chi connectivity index (χ2v) is 4.95. The molecule has 0 aliphatic rings. The maximum absolute atomic E-state index is 10.9. The van der Waals surface area contributed by atoms with Crippen LogP contribution in [0.25, 0.3) is 0 Å². The molecule has 0 aliphatic carbocycles. The molecule has 1 aromatic heterocycles. The van der Waals surface area contributed by atoms with Gasteiger partial charge in [0, 0.05) is 12.1 Å². The van der Waals surface area contributed by atoms with Crippen molar-refractivity contribution in [2.24, 2.45) is 0 Å². The number of hydrogen-bond donors (Lipinski definition) is 1. The molecule has 100 valence electrons. The summed E-state index contributed by atoms with van der Waals surface area (Å²) < 4.78 is 9.68. The molecule has 0 unspecified atom stereocenters. The van der Waals surface area contributed by atoms with Gasteiger partial charge in [-0.15, -0.1) is 0 Å². The van der Waals surface area contributed by atoms with E-state index in [0.29, 0.717) is 12.3 Å². The number of methoxy groups -OCH3 is 1. The number of carbonyl (C=O) groups excluding carboxylic acids is 1. The fourth-order valence-electron chi connectivity index (χ4n) is 1.16. The van der Waals surface area contributed by atoms with Gasteiger partial charge in [0.05, 0.1) is 19.0 Å². The van der Waals surface area contributed by atoms with Crippen LogP contribution in [-0.4, -0.2) is 30.2 Å². The van der Waals surface area contributed by atoms with Crippen molar-refractivity contribution in [2.45, 2.75) is 32.9 Å². The number of rotatable bonds is 5. The molecule has 0 amide bonds. The molecule has 0 fully saturated rings. The number of nitrogens with one attached hydrogen (secondary N) is 1. The summed E-state index contributed by atoms with van der Waals surface area (Å²) in [6.45, 7) is 6.89. The molecule has 1 rings (SSSR count). The van der Waals surface area contributed by atoms with Crippen LogP contribution < -0.4 is 10.1 Å². The lowest BCUT2D eigenvalue weighted by Crippen LogP contribution is -2.35. The quantitative estimate of drug-likeness (QED) is 0.805. The predicted molar refractivity (Wildman–Crippen MR) is 68.3 cm³/mol. The molecule has 0 saturated carbocycles. The molecular formula is C13H20N2O3. The lowest BCUT2D eigenvalue weighted by atomic mass is 10.1. The van der Waals surface area contributed by atoms with Crippen LogP contribution in [0.4, 0.5) is 0 Å². The second kappa shape index (κ2) is 6.35. The first-order chi connectivity index (χ1) is 8.40. The zero-order valence-corrected chi connectivity index (χ0v) is 11.3. The molecule has 5 heteroatoms. The molecule has 5 nitrogen and oxygen atoms in total. The Bertz CT molecular complexity index is 382. The minimum absolute atomic E-state index is 0.0573. The fraction of sp³-hybridized carbons (Fsp3) is 0.538. The third-order valence-electron chi connectivity index (χ3n) is 2.18. The summed E-state index contributed by atoms with van der Waals surface area (Å²) in [5.41, 5.74) is 0.984. The highest BCUT2D eigenvalue weighted by Gasteiger charge is 2.09. The Kier molecular flexibility index (Phi) is 5.09. The van der Waals surface area contributed by atoms with Crippen molar-refractivity contribution >= 4 is 5.97 Å². The van der Waals surface area contributed by atoms with Crippen LogP contribution in [0.1, 0.15) is 26.5 Å². The average Bonchev–Trinajstić information content (AvgIpc) is 2.33. The molecule has 0 atom stereocenters. The van der Waals surface area contributed by atoms with Crippen LogP contribution >= 0.6 is 0 Å². The van der Waals surface area contributed by atoms with Gasteiger partial charge in [0.1, 0.15) is 5.75 Å². The van der Waals surface area contributed by atoms with Crippen molar-refractivity contribution < 1.29 is 14.3 Å². The first-order valence-electron chi connectivity index (χ1n) is 5.80. The number of pyridine rings is 1. The van der Waals surface area contributed by atoms with Crippen molar-refractivity contribution in [3.05, 3.63) is 24.0 Å². The van der Waals surface area contributed by atoms with Gasteiger partial charge in [-0.2, -0.15) is 0 Å². The van der Waals surface area contributed by atoms with Crippen molar-refractivity contribution in [1.82, 2.24) is 10.3 Å². The van der Waals surface area contributed by atoms with E-state index in [1.54, 1.807) is 12.3 Å². The van der Waals surface area contributed by atoms with Gasteiger partial charge in [-0.25, -0.2) is 4.79 Å². The Morgan fingerprint density at radius 3 is 2.61 bits per heavy atom. The van der Waals surface area contributed by atoms with Crippen molar-refractivity contribution in [2.75, 3.05) is 13.7 Å². The maximum Gasteiger partial charge on any atom is 0.343 e. The number of aromatic nitrogens is 1. The molecular weight excluding hydrogens is 232 g/mol. The molecule has 1 N–H and O–H groups in total. The fourth-order valence-corrected chi connectivity index (χ4v) is 1.16. The van der Waals surface area contributed by atoms with E-state index in [9.17, 15) is 4.79 Å². The lowest BCUT2D eigenvalue weighted by molar-refractivity contribution is -0.142. The van der Waals surface area contributed by atoms with Crippen LogP contribution in [0.15, 0.2) is 18.3 Å². The van der Waals surface area contributed by atoms with E-state index in [0.717, 1.165) is 5.69 Å². The van der Waals surface area contributed by atoms with Gasteiger partial charge in [0.2, 0.25) is 0 Å². The molecule has 0 spiro atoms. The van der Waals surface area contributed by atoms with Crippen molar-refractivity contribution in [3.8, 4) is 5.75 Å². The van der Waals surface area contributed by atoms with E-state index in [2.05, 4.69) is 35.8 Å². The SMILES string of the molecule is COC(=O)COc1ccc(CNC(C)(C)C)nc1. The van der Waals surface area contributed by atoms with Crippen molar-refractivity contribution in [1.29, 1.82) is 0 Å². The van der Waals surface area contributed by atoms with Gasteiger partial charge in [0.15, 0.2) is 6.61 Å². The summed E-state index contributed by atoms with van der Waals surface area (Å²) in [5, 5.41) is 3.34. The van der Waals surface area contributed by atoms with E-state index in [1.807, 2.05) is 6.07 Å². The normalized spacial score (nSPS) is 11.1. The summed E-state index contributed by atoms with van der Waals surface area (Å²) >= 11 is 0. The standard InChI is InChI=1S/C13H20N2O3/c1-13(2,3)15-7-10-5-6-11(8-14-10)18-9-12(16)17-4/h5-6,8,15H,7,9H2,1-4H3. The molecule has 0 saturated heterocycles. The Balaban J connectivity index is 2.45. The monoisotopic (exact) mass is 252 g/mol. The highest BCUT2D eigenvalue weighted by Crippen LogP contribution is 2.10. The van der Waals surface area contributed by atoms with Crippen LogP contribution in [0.3, 0.4) is 0 Å². The van der Waals surface area contributed by atoms with E-state index in [4.69, 9.17) is 4.74 Å². The minimum atomic E-state index is -0.409. The summed E-state index contributed by atoms with van der Waals surface area (Å²) in [6, 6.07) is 3.65. The number of hydrogen-bond acceptors (Lipinski definition) is 5. The van der Waals surface area contributed by atoms with Crippen molar-refractivity contribution in [3.63, 3.8) is 0 Å². The van der Waals surface area contributed by atoms with Crippen LogP contribution in [0.2, 0.25) is 0 Å². The van der Waals surface area contributed by atoms with Crippen LogP contribution in [0.5, 0.6) is 5.75 Å². The molecule has 0 aliphatic heterocycles. The second-order valence-electron chi connectivity index (χ2n) is 4.95. The van der Waals surface area contributed by atoms with Gasteiger partial charge < -0.3 is 14.8 Å². The highest BCUT2D eigenvalue weighted by molar-refractivity contribution is 5.70. The first-order valence-corrected chi connectivity index (χ1v) is 5.80. The highest BCUT2D eigenvalue weighted by atomic mass is 16.6. The smallest absolute Gasteiger partial charge is 0.343 e. The minimum Gasteiger partial charge on any atom is -0.480 e. The van der Waals surface area contributed by atoms with Gasteiger partial charge in [-0.05, 0) is 32.9 Å². The Hall–Kier alpha value is -1.62. The third-order valence-corrected chi connectivity index (χ3v) is 2.18. The Labute approximate surface area is 108 Å². The van der Waals surface area contributed by atoms with Gasteiger partial charge in [-0.1, -0.05) is 0 Å². The van der Waals surface area contributed by atoms with E-state index in [-0.39, 0.29) is 12.1 Å². The molecule has 0 aromatic carbocycles. The van der Waals surface area contributed by atoms with Gasteiger partial charge in [-0.3, -0.25) is 4.98 Å². The molecule has 1 aromatic rings. The molecule has 1 heterocycles. The van der Waals surface area contributed by atoms with Gasteiger partial charge >= 0.3 is 5.97 Å². The number of nitrogens with zero attached hydrogens (tertiary/aromatic N) is 1. The maximum atomic E-state index is 10.9.